The molecule has 21 nitrogen and oxygen atoms in total. The highest BCUT2D eigenvalue weighted by molar-refractivity contribution is 5.81. The van der Waals surface area contributed by atoms with Gasteiger partial charge in [-0.1, -0.05) is 0 Å². The molecule has 266 valence electrons. The molecule has 2 amide bonds. The Morgan fingerprint density at radius 3 is 1.96 bits per heavy atom. The summed E-state index contributed by atoms with van der Waals surface area (Å²) in [5.74, 6) is -3.74. The number of ether oxygens (including phenoxy) is 4. The molecule has 3 saturated heterocycles. The van der Waals surface area contributed by atoms with Crippen LogP contribution in [0.3, 0.4) is 0 Å². The summed E-state index contributed by atoms with van der Waals surface area (Å²) in [4.78, 5) is 36.5. The van der Waals surface area contributed by atoms with E-state index in [1.165, 1.54) is 0 Å². The van der Waals surface area contributed by atoms with Crippen LogP contribution in [0.2, 0.25) is 0 Å². The maximum Gasteiger partial charge on any atom is 0.339 e. The van der Waals surface area contributed by atoms with Gasteiger partial charge in [0.25, 0.3) is 0 Å². The summed E-state index contributed by atoms with van der Waals surface area (Å²) in [7, 11) is 0. The molecule has 3 fully saturated rings. The molecule has 2 unspecified atom stereocenters. The molecule has 46 heavy (non-hydrogen) atoms. The molecular weight excluding hydrogens is 632 g/mol. The third-order valence-corrected chi connectivity index (χ3v) is 8.42. The standard InChI is InChI=1S/C25H42N2O19/c1-7(31)26-13-9(33)3-24(23(40)41,46-18(13)15(35)10(34)4-28)25(42)19(37)12(6-30)44-22(20(25)38)45-17-11(5-29)43-21(39)14(16(17)36)27-8(2)32/h9-22,28-30,33-39,42H,3-6H2,1-2H3,(H,26,31)(H,27,32)(H,40,41)/t9-,10+,11+,12+,13+,14+,15+,16+,17+,18+,19-,20-,21?,22-,24?,25-/m0/s1. The molecule has 0 radical (unpaired) electrons. The first kappa shape index (κ1) is 38.3. The number of carbonyl (C=O) groups is 3. The first-order valence-electron chi connectivity index (χ1n) is 14.1. The fraction of sp³-hybridized carbons (Fsp3) is 0.880. The highest BCUT2D eigenvalue weighted by atomic mass is 16.7. The fourth-order valence-electron chi connectivity index (χ4n) is 6.09. The molecule has 3 rings (SSSR count). The van der Waals surface area contributed by atoms with E-state index in [4.69, 9.17) is 18.9 Å². The summed E-state index contributed by atoms with van der Waals surface area (Å²) in [5.41, 5.74) is -6.93. The number of aliphatic carboxylic acids is 1. The number of carboxylic acids is 1. The van der Waals surface area contributed by atoms with Crippen LogP contribution in [0.25, 0.3) is 0 Å². The molecule has 3 heterocycles. The average Bonchev–Trinajstić information content (AvgIpc) is 2.99. The van der Waals surface area contributed by atoms with E-state index in [9.17, 15) is 75.7 Å². The third kappa shape index (κ3) is 6.85. The molecule has 3 aliphatic rings. The van der Waals surface area contributed by atoms with Gasteiger partial charge in [0, 0.05) is 20.3 Å². The maximum atomic E-state index is 13.0. The molecule has 0 aromatic heterocycles. The molecule has 0 saturated carbocycles. The van der Waals surface area contributed by atoms with Crippen molar-refractivity contribution in [3.63, 3.8) is 0 Å². The lowest BCUT2D eigenvalue weighted by molar-refractivity contribution is -0.395. The van der Waals surface area contributed by atoms with Crippen LogP contribution in [0.15, 0.2) is 0 Å². The van der Waals surface area contributed by atoms with E-state index in [0.29, 0.717) is 0 Å². The van der Waals surface area contributed by atoms with Gasteiger partial charge in [0.05, 0.1) is 32.0 Å². The highest BCUT2D eigenvalue weighted by Gasteiger charge is 2.73. The molecule has 0 bridgehead atoms. The van der Waals surface area contributed by atoms with Gasteiger partial charge in [-0.25, -0.2) is 4.79 Å². The number of aliphatic hydroxyl groups is 11. The van der Waals surface area contributed by atoms with Crippen molar-refractivity contribution in [1.29, 1.82) is 0 Å². The quantitative estimate of drug-likeness (QED) is 0.0967. The topological polar surface area (TPSA) is 355 Å². The number of carboxylic acid groups (broad SMARTS) is 1. The molecular formula is C25H42N2O19. The predicted molar refractivity (Wildman–Crippen MR) is 142 cm³/mol. The third-order valence-electron chi connectivity index (χ3n) is 8.42. The zero-order valence-electron chi connectivity index (χ0n) is 24.6. The number of aliphatic hydroxyl groups excluding tert-OH is 10. The lowest BCUT2D eigenvalue weighted by atomic mass is 9.66. The number of hydrogen-bond donors (Lipinski definition) is 14. The van der Waals surface area contributed by atoms with E-state index in [-0.39, 0.29) is 0 Å². The Kier molecular flexibility index (Phi) is 12.4. The highest BCUT2D eigenvalue weighted by Crippen LogP contribution is 2.47. The van der Waals surface area contributed by atoms with Gasteiger partial charge < -0.3 is 90.9 Å². The number of rotatable bonds is 11. The zero-order chi connectivity index (χ0) is 34.9. The lowest BCUT2D eigenvalue weighted by Gasteiger charge is -2.58. The molecule has 3 aliphatic heterocycles. The minimum absolute atomic E-state index is 0.739. The summed E-state index contributed by atoms with van der Waals surface area (Å²) >= 11 is 0. The van der Waals surface area contributed by atoms with Gasteiger partial charge in [0.15, 0.2) is 18.2 Å². The summed E-state index contributed by atoms with van der Waals surface area (Å²) in [6.45, 7) is -1.22. The number of carbonyl (C=O) groups excluding carboxylic acids is 2. The van der Waals surface area contributed by atoms with Crippen molar-refractivity contribution in [2.45, 2.75) is 117 Å². The van der Waals surface area contributed by atoms with Crippen molar-refractivity contribution in [1.82, 2.24) is 10.6 Å². The lowest BCUT2D eigenvalue weighted by Crippen LogP contribution is -2.82. The SMILES string of the molecule is CC(=O)N[C@H]1[C@H]([C@H](O)[C@H](O)CO)OC(C(=O)O)([C@@]2(O)[C@@H](O)[C@H](O[C@H]3[C@H](O)[C@@H](NC(C)=O)C(O)O[C@@H]3CO)O[C@H](CO)[C@@H]2O)C[C@@H]1O. The first-order chi connectivity index (χ1) is 21.4. The van der Waals surface area contributed by atoms with E-state index in [1.54, 1.807) is 0 Å². The summed E-state index contributed by atoms with van der Waals surface area (Å²) in [6.07, 6.45) is -26.6. The van der Waals surface area contributed by atoms with Crippen LogP contribution in [0.5, 0.6) is 0 Å². The van der Waals surface area contributed by atoms with Gasteiger partial charge in [-0.2, -0.15) is 0 Å². The Bertz CT molecular complexity index is 1090. The van der Waals surface area contributed by atoms with E-state index in [0.717, 1.165) is 13.8 Å². The first-order valence-corrected chi connectivity index (χ1v) is 14.1. The molecule has 0 aromatic carbocycles. The van der Waals surface area contributed by atoms with Crippen molar-refractivity contribution >= 4 is 17.8 Å². The van der Waals surface area contributed by atoms with Crippen LogP contribution < -0.4 is 10.6 Å². The predicted octanol–water partition coefficient (Wildman–Crippen LogP) is -8.69. The van der Waals surface area contributed by atoms with Crippen molar-refractivity contribution in [3.05, 3.63) is 0 Å². The van der Waals surface area contributed by atoms with E-state index in [2.05, 4.69) is 10.6 Å². The molecule has 16 atom stereocenters. The number of hydrogen-bond acceptors (Lipinski definition) is 18. The van der Waals surface area contributed by atoms with Crippen molar-refractivity contribution in [2.24, 2.45) is 0 Å². The summed E-state index contributed by atoms with van der Waals surface area (Å²) in [6, 6.07) is -3.27. The smallest absolute Gasteiger partial charge is 0.339 e. The van der Waals surface area contributed by atoms with Gasteiger partial charge in [-0.05, 0) is 0 Å². The van der Waals surface area contributed by atoms with Crippen LogP contribution in [-0.2, 0) is 33.3 Å². The molecule has 14 N–H and O–H groups in total. The normalized spacial score (nSPS) is 44.5. The van der Waals surface area contributed by atoms with Gasteiger partial charge in [-0.3, -0.25) is 9.59 Å². The average molecular weight is 675 g/mol. The van der Waals surface area contributed by atoms with E-state index < -0.39 is 141 Å². The Morgan fingerprint density at radius 2 is 1.46 bits per heavy atom. The Hall–Kier alpha value is -2.19. The monoisotopic (exact) mass is 674 g/mol. The Morgan fingerprint density at radius 1 is 0.891 bits per heavy atom. The minimum Gasteiger partial charge on any atom is -0.479 e. The molecule has 0 spiro atoms. The minimum atomic E-state index is -3.56. The van der Waals surface area contributed by atoms with Crippen LogP contribution in [0.1, 0.15) is 20.3 Å². The van der Waals surface area contributed by atoms with Crippen LogP contribution in [-0.4, -0.2) is 196 Å². The van der Waals surface area contributed by atoms with Crippen LogP contribution >= 0.6 is 0 Å². The van der Waals surface area contributed by atoms with Gasteiger partial charge >= 0.3 is 5.97 Å². The van der Waals surface area contributed by atoms with E-state index >= 15 is 0 Å². The number of nitrogens with one attached hydrogen (secondary N) is 2. The summed E-state index contributed by atoms with van der Waals surface area (Å²) < 4.78 is 21.8. The zero-order valence-corrected chi connectivity index (χ0v) is 24.6. The molecule has 0 aromatic rings. The Labute approximate surface area is 260 Å². The van der Waals surface area contributed by atoms with Gasteiger partial charge in [0.1, 0.15) is 61.0 Å². The largest absolute Gasteiger partial charge is 0.479 e. The summed E-state index contributed by atoms with van der Waals surface area (Å²) in [5, 5.41) is 132. The van der Waals surface area contributed by atoms with Crippen molar-refractivity contribution in [3.8, 4) is 0 Å². The van der Waals surface area contributed by atoms with Gasteiger partial charge in [-0.15, -0.1) is 0 Å². The fourth-order valence-corrected chi connectivity index (χ4v) is 6.09. The number of amides is 2. The van der Waals surface area contributed by atoms with Crippen molar-refractivity contribution in [2.75, 3.05) is 19.8 Å². The van der Waals surface area contributed by atoms with Crippen LogP contribution in [0.4, 0.5) is 0 Å². The molecule has 0 aliphatic carbocycles. The van der Waals surface area contributed by atoms with Gasteiger partial charge in [0.2, 0.25) is 17.4 Å². The van der Waals surface area contributed by atoms with E-state index in [1.807, 2.05) is 0 Å². The second kappa shape index (κ2) is 14.9. The molecule has 21 heteroatoms. The van der Waals surface area contributed by atoms with Crippen molar-refractivity contribution < 1.29 is 94.6 Å². The maximum absolute atomic E-state index is 13.0. The second-order valence-corrected chi connectivity index (χ2v) is 11.5. The van der Waals surface area contributed by atoms with Crippen LogP contribution in [0, 0.1) is 0 Å². The Balaban J connectivity index is 2.11. The second-order valence-electron chi connectivity index (χ2n) is 11.5.